The van der Waals surface area contributed by atoms with E-state index in [1.165, 1.54) is 32.1 Å². The summed E-state index contributed by atoms with van der Waals surface area (Å²) in [6.07, 6.45) is 11.7. The van der Waals surface area contributed by atoms with Crippen LogP contribution in [-0.2, 0) is 6.42 Å². The predicted molar refractivity (Wildman–Crippen MR) is 75.9 cm³/mol. The molecular formula is C14H21N3S. The second kappa shape index (κ2) is 4.67. The molecule has 0 radical (unpaired) electrons. The topological polar surface area (TPSA) is 43.3 Å². The summed E-state index contributed by atoms with van der Waals surface area (Å²) in [5, 5.41) is 2.06. The number of rotatable bonds is 3. The highest BCUT2D eigenvalue weighted by atomic mass is 32.1. The van der Waals surface area contributed by atoms with Crippen LogP contribution in [0, 0.1) is 5.41 Å². The average Bonchev–Trinajstić information content (AvgIpc) is 2.90. The molecule has 3 nitrogen and oxygen atoms in total. The van der Waals surface area contributed by atoms with Gasteiger partial charge in [-0.25, -0.2) is 4.98 Å². The predicted octanol–water partition coefficient (Wildman–Crippen LogP) is 3.24. The fraction of sp³-hybridized carbons (Fsp3) is 0.643. The van der Waals surface area contributed by atoms with Crippen LogP contribution in [0.2, 0.25) is 0 Å². The third-order valence-electron chi connectivity index (χ3n) is 4.46. The molecule has 98 valence electrons. The molecule has 0 bridgehead atoms. The van der Waals surface area contributed by atoms with Gasteiger partial charge in [-0.2, -0.15) is 0 Å². The molecule has 0 aromatic carbocycles. The summed E-state index contributed by atoms with van der Waals surface area (Å²) >= 11 is 1.68. The van der Waals surface area contributed by atoms with Crippen molar-refractivity contribution in [2.45, 2.75) is 51.5 Å². The van der Waals surface area contributed by atoms with Crippen molar-refractivity contribution >= 4 is 16.3 Å². The minimum Gasteiger partial charge on any atom is -0.327 e. The first-order chi connectivity index (χ1) is 8.67. The summed E-state index contributed by atoms with van der Waals surface area (Å²) in [5.74, 6) is 0. The van der Waals surface area contributed by atoms with E-state index in [2.05, 4.69) is 34.1 Å². The molecule has 0 spiro atoms. The Bertz CT molecular complexity index is 493. The van der Waals surface area contributed by atoms with Gasteiger partial charge in [0.15, 0.2) is 4.96 Å². The lowest BCUT2D eigenvalue weighted by Crippen LogP contribution is -2.42. The maximum absolute atomic E-state index is 6.46. The maximum Gasteiger partial charge on any atom is 0.193 e. The fourth-order valence-electron chi connectivity index (χ4n) is 3.08. The van der Waals surface area contributed by atoms with Gasteiger partial charge < -0.3 is 5.73 Å². The summed E-state index contributed by atoms with van der Waals surface area (Å²) in [5.41, 5.74) is 7.91. The maximum atomic E-state index is 6.46. The second-order valence-corrected chi connectivity index (χ2v) is 6.72. The van der Waals surface area contributed by atoms with Crippen LogP contribution in [0.15, 0.2) is 17.8 Å². The van der Waals surface area contributed by atoms with Crippen LogP contribution in [0.1, 0.15) is 44.7 Å². The molecule has 0 amide bonds. The zero-order valence-electron chi connectivity index (χ0n) is 10.9. The summed E-state index contributed by atoms with van der Waals surface area (Å²) < 4.78 is 2.09. The largest absolute Gasteiger partial charge is 0.327 e. The molecule has 1 aliphatic carbocycles. The SMILES string of the molecule is CC1(C(N)Cc2cn3ccsc3n2)CCCCC1. The van der Waals surface area contributed by atoms with Gasteiger partial charge in [-0.15, -0.1) is 11.3 Å². The molecule has 3 rings (SSSR count). The van der Waals surface area contributed by atoms with Gasteiger partial charge in [0.2, 0.25) is 0 Å². The van der Waals surface area contributed by atoms with Gasteiger partial charge in [-0.1, -0.05) is 26.2 Å². The van der Waals surface area contributed by atoms with Gasteiger partial charge in [0.05, 0.1) is 5.69 Å². The van der Waals surface area contributed by atoms with Gasteiger partial charge in [0.25, 0.3) is 0 Å². The summed E-state index contributed by atoms with van der Waals surface area (Å²) in [7, 11) is 0. The molecule has 2 N–H and O–H groups in total. The minimum absolute atomic E-state index is 0.238. The van der Waals surface area contributed by atoms with Crippen molar-refractivity contribution in [2.75, 3.05) is 0 Å². The zero-order valence-corrected chi connectivity index (χ0v) is 11.7. The van der Waals surface area contributed by atoms with E-state index in [0.717, 1.165) is 17.1 Å². The van der Waals surface area contributed by atoms with Gasteiger partial charge in [0, 0.05) is 30.2 Å². The molecule has 1 atom stereocenters. The number of hydrogen-bond donors (Lipinski definition) is 1. The average molecular weight is 263 g/mol. The van der Waals surface area contributed by atoms with Crippen LogP contribution in [0.4, 0.5) is 0 Å². The van der Waals surface area contributed by atoms with Crippen molar-refractivity contribution in [1.29, 1.82) is 0 Å². The summed E-state index contributed by atoms with van der Waals surface area (Å²) in [4.78, 5) is 5.72. The first kappa shape index (κ1) is 12.2. The molecule has 0 aliphatic heterocycles. The lowest BCUT2D eigenvalue weighted by atomic mass is 9.70. The van der Waals surface area contributed by atoms with Crippen molar-refractivity contribution in [2.24, 2.45) is 11.1 Å². The molecule has 1 aliphatic rings. The van der Waals surface area contributed by atoms with Crippen LogP contribution in [0.5, 0.6) is 0 Å². The fourth-order valence-corrected chi connectivity index (χ4v) is 3.80. The van der Waals surface area contributed by atoms with E-state index >= 15 is 0 Å². The Morgan fingerprint density at radius 3 is 2.94 bits per heavy atom. The second-order valence-electron chi connectivity index (χ2n) is 5.85. The molecule has 1 saturated carbocycles. The van der Waals surface area contributed by atoms with E-state index in [4.69, 9.17) is 5.73 Å². The van der Waals surface area contributed by atoms with Crippen LogP contribution in [0.25, 0.3) is 4.96 Å². The number of imidazole rings is 1. The highest BCUT2D eigenvalue weighted by Gasteiger charge is 2.33. The van der Waals surface area contributed by atoms with E-state index in [1.54, 1.807) is 11.3 Å². The Balaban J connectivity index is 1.73. The monoisotopic (exact) mass is 263 g/mol. The third kappa shape index (κ3) is 2.19. The Kier molecular flexibility index (Phi) is 3.16. The van der Waals surface area contributed by atoms with E-state index in [0.29, 0.717) is 5.41 Å². The van der Waals surface area contributed by atoms with Crippen LogP contribution in [0.3, 0.4) is 0 Å². The lowest BCUT2D eigenvalue weighted by molar-refractivity contribution is 0.168. The smallest absolute Gasteiger partial charge is 0.193 e. The van der Waals surface area contributed by atoms with E-state index in [-0.39, 0.29) is 6.04 Å². The van der Waals surface area contributed by atoms with E-state index in [1.807, 2.05) is 0 Å². The van der Waals surface area contributed by atoms with Crippen molar-refractivity contribution in [3.63, 3.8) is 0 Å². The quantitative estimate of drug-likeness (QED) is 0.924. The third-order valence-corrected chi connectivity index (χ3v) is 5.23. The molecule has 2 aromatic rings. The molecular weight excluding hydrogens is 242 g/mol. The molecule has 4 heteroatoms. The van der Waals surface area contributed by atoms with E-state index in [9.17, 15) is 0 Å². The van der Waals surface area contributed by atoms with Gasteiger partial charge in [-0.3, -0.25) is 4.40 Å². The number of aromatic nitrogens is 2. The Morgan fingerprint density at radius 1 is 1.44 bits per heavy atom. The summed E-state index contributed by atoms with van der Waals surface area (Å²) in [6.45, 7) is 2.36. The number of thiazole rings is 1. The van der Waals surface area contributed by atoms with Crippen molar-refractivity contribution in [1.82, 2.24) is 9.38 Å². The molecule has 2 aromatic heterocycles. The minimum atomic E-state index is 0.238. The number of fused-ring (bicyclic) bond motifs is 1. The molecule has 18 heavy (non-hydrogen) atoms. The standard InChI is InChI=1S/C14H21N3S/c1-14(5-3-2-4-6-14)12(15)9-11-10-17-7-8-18-13(17)16-11/h7-8,10,12H,2-6,9,15H2,1H3. The number of nitrogens with zero attached hydrogens (tertiary/aromatic N) is 2. The van der Waals surface area contributed by atoms with Crippen LogP contribution >= 0.6 is 11.3 Å². The highest BCUT2D eigenvalue weighted by Crippen LogP contribution is 2.38. The number of hydrogen-bond acceptors (Lipinski definition) is 3. The Hall–Kier alpha value is -0.870. The molecule has 0 saturated heterocycles. The Morgan fingerprint density at radius 2 is 2.22 bits per heavy atom. The van der Waals surface area contributed by atoms with Crippen molar-refractivity contribution in [3.8, 4) is 0 Å². The van der Waals surface area contributed by atoms with Crippen molar-refractivity contribution in [3.05, 3.63) is 23.5 Å². The first-order valence-corrected chi connectivity index (χ1v) is 7.72. The van der Waals surface area contributed by atoms with Crippen LogP contribution < -0.4 is 5.73 Å². The molecule has 1 fully saturated rings. The van der Waals surface area contributed by atoms with E-state index < -0.39 is 0 Å². The molecule has 1 unspecified atom stereocenters. The lowest BCUT2D eigenvalue weighted by Gasteiger charge is -2.38. The highest BCUT2D eigenvalue weighted by molar-refractivity contribution is 7.15. The molecule has 2 heterocycles. The Labute approximate surface area is 112 Å². The van der Waals surface area contributed by atoms with Gasteiger partial charge in [-0.05, 0) is 18.3 Å². The van der Waals surface area contributed by atoms with Gasteiger partial charge >= 0.3 is 0 Å². The van der Waals surface area contributed by atoms with Crippen molar-refractivity contribution < 1.29 is 0 Å². The van der Waals surface area contributed by atoms with Crippen LogP contribution in [-0.4, -0.2) is 15.4 Å². The first-order valence-electron chi connectivity index (χ1n) is 6.84. The zero-order chi connectivity index (χ0) is 12.6. The van der Waals surface area contributed by atoms with Gasteiger partial charge in [0.1, 0.15) is 0 Å². The normalized spacial score (nSPS) is 21.2. The summed E-state index contributed by atoms with van der Waals surface area (Å²) in [6, 6.07) is 0.238. The number of nitrogens with two attached hydrogens (primary N) is 1.